The van der Waals surface area contributed by atoms with E-state index >= 15 is 0 Å². The van der Waals surface area contributed by atoms with Gasteiger partial charge in [0.2, 0.25) is 5.95 Å². The SMILES string of the molecule is CC1C(c2cccc(O)c2)CCc2nc(N)nn21. The molecule has 5 nitrogen and oxygen atoms in total. The van der Waals surface area contributed by atoms with Crippen molar-refractivity contribution in [2.24, 2.45) is 0 Å². The number of benzene rings is 1. The lowest BCUT2D eigenvalue weighted by atomic mass is 9.86. The molecule has 0 radical (unpaired) electrons. The van der Waals surface area contributed by atoms with Crippen molar-refractivity contribution in [1.29, 1.82) is 0 Å². The van der Waals surface area contributed by atoms with Crippen LogP contribution in [0.25, 0.3) is 0 Å². The van der Waals surface area contributed by atoms with Crippen LogP contribution in [0.1, 0.15) is 36.7 Å². The van der Waals surface area contributed by atoms with Crippen LogP contribution in [0.3, 0.4) is 0 Å². The molecule has 1 aliphatic rings. The zero-order chi connectivity index (χ0) is 12.7. The first kappa shape index (κ1) is 11.1. The number of aromatic nitrogens is 3. The number of aromatic hydroxyl groups is 1. The largest absolute Gasteiger partial charge is 0.508 e. The molecule has 18 heavy (non-hydrogen) atoms. The van der Waals surface area contributed by atoms with Gasteiger partial charge in [0.1, 0.15) is 11.6 Å². The molecule has 0 saturated carbocycles. The molecule has 3 N–H and O–H groups in total. The number of nitrogen functional groups attached to an aromatic ring is 1. The molecule has 94 valence electrons. The first-order chi connectivity index (χ1) is 8.65. The third kappa shape index (κ3) is 1.72. The van der Waals surface area contributed by atoms with Gasteiger partial charge in [0.05, 0.1) is 6.04 Å². The molecule has 2 atom stereocenters. The van der Waals surface area contributed by atoms with Crippen LogP contribution in [0, 0.1) is 0 Å². The Hall–Kier alpha value is -2.04. The number of phenols is 1. The average molecular weight is 244 g/mol. The van der Waals surface area contributed by atoms with E-state index in [1.165, 1.54) is 0 Å². The first-order valence-corrected chi connectivity index (χ1v) is 6.15. The second-order valence-electron chi connectivity index (χ2n) is 4.81. The van der Waals surface area contributed by atoms with Gasteiger partial charge in [0.15, 0.2) is 0 Å². The minimum absolute atomic E-state index is 0.209. The van der Waals surface area contributed by atoms with Crippen LogP contribution in [-0.4, -0.2) is 19.9 Å². The Morgan fingerprint density at radius 2 is 2.28 bits per heavy atom. The molecule has 0 amide bonds. The number of anilines is 1. The van der Waals surface area contributed by atoms with Gasteiger partial charge in [0.25, 0.3) is 0 Å². The predicted molar refractivity (Wildman–Crippen MR) is 68.3 cm³/mol. The van der Waals surface area contributed by atoms with Crippen LogP contribution in [0.2, 0.25) is 0 Å². The van der Waals surface area contributed by atoms with Crippen LogP contribution in [0.4, 0.5) is 5.95 Å². The normalized spacial score (nSPS) is 22.7. The highest BCUT2D eigenvalue weighted by atomic mass is 16.3. The van der Waals surface area contributed by atoms with Gasteiger partial charge in [-0.25, -0.2) is 4.68 Å². The minimum atomic E-state index is 0.209. The number of hydrogen-bond acceptors (Lipinski definition) is 4. The number of fused-ring (bicyclic) bond motifs is 1. The summed E-state index contributed by atoms with van der Waals surface area (Å²) < 4.78 is 1.91. The fourth-order valence-electron chi connectivity index (χ4n) is 2.77. The molecule has 1 aromatic carbocycles. The van der Waals surface area contributed by atoms with Gasteiger partial charge in [-0.2, -0.15) is 4.98 Å². The summed E-state index contributed by atoms with van der Waals surface area (Å²) in [4.78, 5) is 4.23. The molecule has 0 aliphatic carbocycles. The topological polar surface area (TPSA) is 77.0 Å². The molecular formula is C13H16N4O. The Labute approximate surface area is 105 Å². The Bertz CT molecular complexity index is 578. The van der Waals surface area contributed by atoms with E-state index in [0.29, 0.717) is 17.6 Å². The summed E-state index contributed by atoms with van der Waals surface area (Å²) in [7, 11) is 0. The van der Waals surface area contributed by atoms with E-state index in [2.05, 4.69) is 17.0 Å². The minimum Gasteiger partial charge on any atom is -0.508 e. The quantitative estimate of drug-likeness (QED) is 0.802. The van der Waals surface area contributed by atoms with Crippen LogP contribution in [-0.2, 0) is 6.42 Å². The number of nitrogens with two attached hydrogens (primary N) is 1. The second kappa shape index (κ2) is 4.01. The van der Waals surface area contributed by atoms with E-state index in [4.69, 9.17) is 5.73 Å². The Balaban J connectivity index is 1.97. The molecule has 2 aromatic rings. The zero-order valence-electron chi connectivity index (χ0n) is 10.2. The lowest BCUT2D eigenvalue weighted by Crippen LogP contribution is -2.24. The highest BCUT2D eigenvalue weighted by molar-refractivity contribution is 5.31. The zero-order valence-corrected chi connectivity index (χ0v) is 10.2. The fourth-order valence-corrected chi connectivity index (χ4v) is 2.77. The molecule has 0 fully saturated rings. The van der Waals surface area contributed by atoms with Gasteiger partial charge >= 0.3 is 0 Å². The van der Waals surface area contributed by atoms with Gasteiger partial charge in [-0.15, -0.1) is 5.10 Å². The standard InChI is InChI=1S/C13H16N4O/c1-8-11(9-3-2-4-10(18)7-9)5-6-12-15-13(14)16-17(8)12/h2-4,7-8,11,18H,5-6H2,1H3,(H2,14,16). The average Bonchev–Trinajstić information content (AvgIpc) is 2.71. The number of rotatable bonds is 1. The van der Waals surface area contributed by atoms with Crippen molar-refractivity contribution < 1.29 is 5.11 Å². The number of aryl methyl sites for hydroxylation is 1. The highest BCUT2D eigenvalue weighted by Crippen LogP contribution is 2.37. The molecule has 3 rings (SSSR count). The molecule has 2 heterocycles. The van der Waals surface area contributed by atoms with Gasteiger partial charge in [-0.1, -0.05) is 12.1 Å². The highest BCUT2D eigenvalue weighted by Gasteiger charge is 2.29. The van der Waals surface area contributed by atoms with Gasteiger partial charge in [0, 0.05) is 12.3 Å². The number of hydrogen-bond donors (Lipinski definition) is 2. The molecule has 0 spiro atoms. The predicted octanol–water partition coefficient (Wildman–Crippen LogP) is 1.86. The second-order valence-corrected chi connectivity index (χ2v) is 4.81. The molecule has 2 unspecified atom stereocenters. The van der Waals surface area contributed by atoms with Crippen molar-refractivity contribution in [2.45, 2.75) is 31.7 Å². The lowest BCUT2D eigenvalue weighted by molar-refractivity contribution is 0.338. The summed E-state index contributed by atoms with van der Waals surface area (Å²) in [6.45, 7) is 2.12. The molecule has 1 aromatic heterocycles. The summed E-state index contributed by atoms with van der Waals surface area (Å²) in [6.07, 6.45) is 1.87. The maximum atomic E-state index is 9.57. The van der Waals surface area contributed by atoms with E-state index in [1.54, 1.807) is 6.07 Å². The van der Waals surface area contributed by atoms with E-state index < -0.39 is 0 Å². The molecule has 0 saturated heterocycles. The molecule has 1 aliphatic heterocycles. The van der Waals surface area contributed by atoms with Gasteiger partial charge < -0.3 is 10.8 Å². The van der Waals surface area contributed by atoms with Crippen molar-refractivity contribution in [3.63, 3.8) is 0 Å². The van der Waals surface area contributed by atoms with Crippen LogP contribution in [0.15, 0.2) is 24.3 Å². The molecular weight excluding hydrogens is 228 g/mol. The van der Waals surface area contributed by atoms with Crippen LogP contribution >= 0.6 is 0 Å². The van der Waals surface area contributed by atoms with Crippen LogP contribution < -0.4 is 5.73 Å². The Morgan fingerprint density at radius 3 is 3.06 bits per heavy atom. The summed E-state index contributed by atoms with van der Waals surface area (Å²) >= 11 is 0. The van der Waals surface area contributed by atoms with Gasteiger partial charge in [-0.05, 0) is 31.0 Å². The van der Waals surface area contributed by atoms with E-state index in [0.717, 1.165) is 24.2 Å². The fraction of sp³-hybridized carbons (Fsp3) is 0.385. The Morgan fingerprint density at radius 1 is 1.44 bits per heavy atom. The van der Waals surface area contributed by atoms with E-state index in [1.807, 2.05) is 22.9 Å². The maximum Gasteiger partial charge on any atom is 0.239 e. The summed E-state index contributed by atoms with van der Waals surface area (Å²) in [5, 5.41) is 13.8. The van der Waals surface area contributed by atoms with Crippen molar-refractivity contribution in [1.82, 2.24) is 14.8 Å². The first-order valence-electron chi connectivity index (χ1n) is 6.15. The van der Waals surface area contributed by atoms with Crippen molar-refractivity contribution in [3.8, 4) is 5.75 Å². The maximum absolute atomic E-state index is 9.57. The van der Waals surface area contributed by atoms with Crippen molar-refractivity contribution in [2.75, 3.05) is 5.73 Å². The molecule has 0 bridgehead atoms. The van der Waals surface area contributed by atoms with Crippen molar-refractivity contribution >= 4 is 5.95 Å². The van der Waals surface area contributed by atoms with Crippen molar-refractivity contribution in [3.05, 3.63) is 35.7 Å². The Kier molecular flexibility index (Phi) is 2.47. The summed E-state index contributed by atoms with van der Waals surface area (Å²) in [5.74, 6) is 1.94. The number of phenolic OH excluding ortho intramolecular Hbond substituents is 1. The summed E-state index contributed by atoms with van der Waals surface area (Å²) in [6, 6.07) is 7.65. The van der Waals surface area contributed by atoms with Crippen LogP contribution in [0.5, 0.6) is 5.75 Å². The van der Waals surface area contributed by atoms with Gasteiger partial charge in [-0.3, -0.25) is 0 Å². The lowest BCUT2D eigenvalue weighted by Gasteiger charge is -2.29. The number of nitrogens with zero attached hydrogens (tertiary/aromatic N) is 3. The third-order valence-corrected chi connectivity index (χ3v) is 3.66. The summed E-state index contributed by atoms with van der Waals surface area (Å²) in [5.41, 5.74) is 6.79. The third-order valence-electron chi connectivity index (χ3n) is 3.66. The smallest absolute Gasteiger partial charge is 0.239 e. The monoisotopic (exact) mass is 244 g/mol. The van der Waals surface area contributed by atoms with E-state index in [-0.39, 0.29) is 6.04 Å². The molecule has 5 heteroatoms. The van der Waals surface area contributed by atoms with E-state index in [9.17, 15) is 5.11 Å².